The average molecular weight is 334 g/mol. The molecule has 0 fully saturated rings. The van der Waals surface area contributed by atoms with Crippen molar-refractivity contribution >= 4 is 5.91 Å². The third-order valence-electron chi connectivity index (χ3n) is 4.51. The van der Waals surface area contributed by atoms with Crippen LogP contribution < -0.4 is 14.8 Å². The highest BCUT2D eigenvalue weighted by molar-refractivity contribution is 5.75. The highest BCUT2D eigenvalue weighted by Crippen LogP contribution is 2.31. The van der Waals surface area contributed by atoms with E-state index in [1.54, 1.807) is 0 Å². The van der Waals surface area contributed by atoms with Crippen molar-refractivity contribution in [2.45, 2.75) is 46.1 Å². The summed E-state index contributed by atoms with van der Waals surface area (Å²) in [7, 11) is 0. The number of likely N-dealkylation sites (N-methyl/N-ethyl adjacent to an activating group) is 1. The summed E-state index contributed by atoms with van der Waals surface area (Å²) in [6.45, 7) is 10.4. The zero-order chi connectivity index (χ0) is 17.4. The highest BCUT2D eigenvalue weighted by Gasteiger charge is 2.13. The molecule has 0 saturated carbocycles. The van der Waals surface area contributed by atoms with Crippen LogP contribution >= 0.6 is 0 Å². The molecule has 0 saturated heterocycles. The van der Waals surface area contributed by atoms with E-state index in [1.165, 1.54) is 5.56 Å². The lowest BCUT2D eigenvalue weighted by Crippen LogP contribution is -2.41. The van der Waals surface area contributed by atoms with E-state index in [1.807, 2.05) is 18.2 Å². The minimum Gasteiger partial charge on any atom is -0.486 e. The fourth-order valence-electron chi connectivity index (χ4n) is 3.02. The Kier molecular flexibility index (Phi) is 7.37. The molecule has 0 radical (unpaired) electrons. The van der Waals surface area contributed by atoms with Gasteiger partial charge in [0.15, 0.2) is 11.5 Å². The summed E-state index contributed by atoms with van der Waals surface area (Å²) in [4.78, 5) is 14.3. The van der Waals surface area contributed by atoms with Crippen molar-refractivity contribution in [3.8, 4) is 11.5 Å². The van der Waals surface area contributed by atoms with Crippen LogP contribution in [0.1, 0.15) is 39.2 Å². The van der Waals surface area contributed by atoms with Gasteiger partial charge in [-0.3, -0.25) is 9.69 Å². The topological polar surface area (TPSA) is 50.8 Å². The van der Waals surface area contributed by atoms with E-state index >= 15 is 0 Å². The number of hydrogen-bond acceptors (Lipinski definition) is 4. The van der Waals surface area contributed by atoms with Gasteiger partial charge in [0.2, 0.25) is 5.91 Å². The molecule has 1 unspecified atom stereocenters. The zero-order valence-electron chi connectivity index (χ0n) is 15.1. The summed E-state index contributed by atoms with van der Waals surface area (Å²) in [5, 5.41) is 3.04. The molecular formula is C19H30N2O3. The van der Waals surface area contributed by atoms with Crippen LogP contribution in [0.5, 0.6) is 11.5 Å². The van der Waals surface area contributed by atoms with Crippen molar-refractivity contribution in [1.82, 2.24) is 10.2 Å². The zero-order valence-corrected chi connectivity index (χ0v) is 15.1. The Morgan fingerprint density at radius 3 is 2.62 bits per heavy atom. The van der Waals surface area contributed by atoms with Crippen molar-refractivity contribution in [2.24, 2.45) is 0 Å². The molecule has 0 spiro atoms. The molecule has 1 amide bonds. The molecule has 1 aromatic carbocycles. The Labute approximate surface area is 145 Å². The van der Waals surface area contributed by atoms with Crippen LogP contribution in [0.4, 0.5) is 0 Å². The minimum absolute atomic E-state index is 0.131. The van der Waals surface area contributed by atoms with Crippen molar-refractivity contribution in [3.63, 3.8) is 0 Å². The summed E-state index contributed by atoms with van der Waals surface area (Å²) in [5.41, 5.74) is 1.18. The molecule has 0 aromatic heterocycles. The number of benzene rings is 1. The summed E-state index contributed by atoms with van der Waals surface area (Å²) >= 11 is 0. The molecule has 5 heteroatoms. The number of aryl methyl sites for hydroxylation is 1. The van der Waals surface area contributed by atoms with E-state index in [4.69, 9.17) is 9.47 Å². The fraction of sp³-hybridized carbons (Fsp3) is 0.632. The van der Waals surface area contributed by atoms with Crippen LogP contribution in [0.3, 0.4) is 0 Å². The van der Waals surface area contributed by atoms with Crippen LogP contribution in [0, 0.1) is 0 Å². The number of amides is 1. The SMILES string of the molecule is CCN(CC)C(C)CNC(=O)CCCc1ccc2c(c1)OCCO2. The first kappa shape index (κ1) is 18.6. The first-order valence-corrected chi connectivity index (χ1v) is 9.03. The standard InChI is InChI=1S/C19H30N2O3/c1-4-21(5-2)15(3)14-20-19(22)8-6-7-16-9-10-17-18(13-16)24-12-11-23-17/h9-10,13,15H,4-8,11-12,14H2,1-3H3,(H,20,22). The molecule has 0 aliphatic carbocycles. The van der Waals surface area contributed by atoms with Crippen molar-refractivity contribution in [1.29, 1.82) is 0 Å². The van der Waals surface area contributed by atoms with E-state index in [2.05, 4.69) is 31.0 Å². The fourth-order valence-corrected chi connectivity index (χ4v) is 3.02. The highest BCUT2D eigenvalue weighted by atomic mass is 16.6. The summed E-state index contributed by atoms with van der Waals surface area (Å²) < 4.78 is 11.1. The van der Waals surface area contributed by atoms with Crippen LogP contribution in [-0.2, 0) is 11.2 Å². The van der Waals surface area contributed by atoms with Gasteiger partial charge in [-0.25, -0.2) is 0 Å². The number of hydrogen-bond donors (Lipinski definition) is 1. The molecule has 1 aromatic rings. The van der Waals surface area contributed by atoms with Gasteiger partial charge in [0.25, 0.3) is 0 Å². The van der Waals surface area contributed by atoms with E-state index in [0.717, 1.165) is 37.4 Å². The van der Waals surface area contributed by atoms with E-state index in [-0.39, 0.29) is 5.91 Å². The summed E-state index contributed by atoms with van der Waals surface area (Å²) in [6.07, 6.45) is 2.26. The number of carbonyl (C=O) groups is 1. The maximum Gasteiger partial charge on any atom is 0.220 e. The predicted octanol–water partition coefficient (Wildman–Crippen LogP) is 2.63. The van der Waals surface area contributed by atoms with Gasteiger partial charge >= 0.3 is 0 Å². The van der Waals surface area contributed by atoms with E-state index in [0.29, 0.717) is 32.2 Å². The van der Waals surface area contributed by atoms with Gasteiger partial charge in [0.1, 0.15) is 13.2 Å². The molecule has 2 rings (SSSR count). The number of rotatable bonds is 9. The first-order valence-electron chi connectivity index (χ1n) is 9.03. The van der Waals surface area contributed by atoms with E-state index in [9.17, 15) is 4.79 Å². The van der Waals surface area contributed by atoms with Gasteiger partial charge in [-0.05, 0) is 50.6 Å². The Morgan fingerprint density at radius 1 is 1.21 bits per heavy atom. The average Bonchev–Trinajstić information content (AvgIpc) is 2.61. The van der Waals surface area contributed by atoms with Gasteiger partial charge in [0, 0.05) is 19.0 Å². The normalized spacial score (nSPS) is 14.5. The van der Waals surface area contributed by atoms with Gasteiger partial charge in [-0.1, -0.05) is 19.9 Å². The molecular weight excluding hydrogens is 304 g/mol. The lowest BCUT2D eigenvalue weighted by Gasteiger charge is -2.26. The molecule has 5 nitrogen and oxygen atoms in total. The van der Waals surface area contributed by atoms with Gasteiger partial charge in [-0.2, -0.15) is 0 Å². The Morgan fingerprint density at radius 2 is 1.92 bits per heavy atom. The third-order valence-corrected chi connectivity index (χ3v) is 4.51. The summed E-state index contributed by atoms with van der Waals surface area (Å²) in [6, 6.07) is 6.40. The molecule has 1 heterocycles. The number of carbonyl (C=O) groups excluding carboxylic acids is 1. The maximum atomic E-state index is 12.0. The predicted molar refractivity (Wildman–Crippen MR) is 95.8 cm³/mol. The number of nitrogens with zero attached hydrogens (tertiary/aromatic N) is 1. The van der Waals surface area contributed by atoms with Gasteiger partial charge in [0.05, 0.1) is 0 Å². The van der Waals surface area contributed by atoms with Gasteiger partial charge in [-0.15, -0.1) is 0 Å². The summed E-state index contributed by atoms with van der Waals surface area (Å²) in [5.74, 6) is 1.76. The quantitative estimate of drug-likeness (QED) is 0.754. The van der Waals surface area contributed by atoms with Crippen molar-refractivity contribution < 1.29 is 14.3 Å². The molecule has 1 aliphatic rings. The lowest BCUT2D eigenvalue weighted by atomic mass is 10.1. The lowest BCUT2D eigenvalue weighted by molar-refractivity contribution is -0.121. The molecule has 1 aliphatic heterocycles. The Balaban J connectivity index is 1.69. The van der Waals surface area contributed by atoms with Crippen LogP contribution in [-0.4, -0.2) is 49.7 Å². The second-order valence-corrected chi connectivity index (χ2v) is 6.21. The Hall–Kier alpha value is -1.75. The molecule has 1 atom stereocenters. The molecule has 134 valence electrons. The van der Waals surface area contributed by atoms with Crippen LogP contribution in [0.25, 0.3) is 0 Å². The maximum absolute atomic E-state index is 12.0. The largest absolute Gasteiger partial charge is 0.486 e. The number of nitrogens with one attached hydrogen (secondary N) is 1. The molecule has 24 heavy (non-hydrogen) atoms. The Bertz CT molecular complexity index is 529. The minimum atomic E-state index is 0.131. The van der Waals surface area contributed by atoms with E-state index < -0.39 is 0 Å². The van der Waals surface area contributed by atoms with Crippen molar-refractivity contribution in [2.75, 3.05) is 32.8 Å². The molecule has 0 bridgehead atoms. The molecule has 1 N–H and O–H groups in total. The third kappa shape index (κ3) is 5.41. The number of ether oxygens (including phenoxy) is 2. The first-order chi connectivity index (χ1) is 11.6. The monoisotopic (exact) mass is 334 g/mol. The second kappa shape index (κ2) is 9.52. The van der Waals surface area contributed by atoms with Crippen LogP contribution in [0.2, 0.25) is 0 Å². The second-order valence-electron chi connectivity index (χ2n) is 6.21. The number of fused-ring (bicyclic) bond motifs is 1. The van der Waals surface area contributed by atoms with Crippen molar-refractivity contribution in [3.05, 3.63) is 23.8 Å². The smallest absolute Gasteiger partial charge is 0.220 e. The van der Waals surface area contributed by atoms with Gasteiger partial charge < -0.3 is 14.8 Å². The van der Waals surface area contributed by atoms with Crippen LogP contribution in [0.15, 0.2) is 18.2 Å².